The van der Waals surface area contributed by atoms with Gasteiger partial charge in [0, 0.05) is 32.9 Å². The molecule has 0 aliphatic carbocycles. The van der Waals surface area contributed by atoms with Crippen molar-refractivity contribution in [2.75, 3.05) is 20.2 Å². The van der Waals surface area contributed by atoms with Gasteiger partial charge in [-0.15, -0.1) is 0 Å². The van der Waals surface area contributed by atoms with Crippen molar-refractivity contribution in [2.45, 2.75) is 32.4 Å². The average Bonchev–Trinajstić information content (AvgIpc) is 2.23. The van der Waals surface area contributed by atoms with Crippen molar-refractivity contribution in [3.63, 3.8) is 0 Å². The zero-order valence-electron chi connectivity index (χ0n) is 10.3. The lowest BCUT2D eigenvalue weighted by Crippen LogP contribution is -2.51. The molecule has 1 aromatic heterocycles. The summed E-state index contributed by atoms with van der Waals surface area (Å²) in [6.07, 6.45) is 2.42. The first-order valence-electron chi connectivity index (χ1n) is 5.89. The third-order valence-corrected chi connectivity index (χ3v) is 3.16. The zero-order chi connectivity index (χ0) is 11.5. The number of likely N-dealkylation sites (tertiary alicyclic amines) is 1. The minimum Gasteiger partial charge on any atom is -0.379 e. The maximum atomic E-state index is 5.24. The van der Waals surface area contributed by atoms with E-state index in [1.165, 1.54) is 5.56 Å². The lowest BCUT2D eigenvalue weighted by molar-refractivity contribution is -0.0339. The Labute approximate surface area is 97.4 Å². The van der Waals surface area contributed by atoms with Crippen LogP contribution >= 0.6 is 0 Å². The van der Waals surface area contributed by atoms with Crippen molar-refractivity contribution in [1.82, 2.24) is 9.88 Å². The molecule has 1 aliphatic rings. The maximum Gasteiger partial charge on any atom is 0.0825 e. The van der Waals surface area contributed by atoms with Crippen LogP contribution in [-0.4, -0.2) is 36.2 Å². The predicted molar refractivity (Wildman–Crippen MR) is 64.4 cm³/mol. The van der Waals surface area contributed by atoms with Crippen LogP contribution in [0.5, 0.6) is 0 Å². The van der Waals surface area contributed by atoms with E-state index in [4.69, 9.17) is 4.74 Å². The quantitative estimate of drug-likeness (QED) is 0.776. The predicted octanol–water partition coefficient (Wildman–Crippen LogP) is 2.04. The normalized spacial score (nSPS) is 17.8. The van der Waals surface area contributed by atoms with Crippen LogP contribution in [0.3, 0.4) is 0 Å². The van der Waals surface area contributed by atoms with Crippen LogP contribution in [0.4, 0.5) is 0 Å². The van der Waals surface area contributed by atoms with Gasteiger partial charge in [0.2, 0.25) is 0 Å². The van der Waals surface area contributed by atoms with E-state index in [9.17, 15) is 0 Å². The Morgan fingerprint density at radius 1 is 1.44 bits per heavy atom. The van der Waals surface area contributed by atoms with E-state index in [-0.39, 0.29) is 0 Å². The summed E-state index contributed by atoms with van der Waals surface area (Å²) in [6.45, 7) is 7.39. The third kappa shape index (κ3) is 2.60. The molecule has 0 aromatic carbocycles. The van der Waals surface area contributed by atoms with Crippen LogP contribution in [0.15, 0.2) is 18.3 Å². The Morgan fingerprint density at radius 2 is 2.19 bits per heavy atom. The molecule has 0 unspecified atom stereocenters. The van der Waals surface area contributed by atoms with Gasteiger partial charge in [-0.2, -0.15) is 0 Å². The molecule has 1 fully saturated rings. The number of hydrogen-bond acceptors (Lipinski definition) is 3. The van der Waals surface area contributed by atoms with Gasteiger partial charge in [0.05, 0.1) is 11.8 Å². The fourth-order valence-corrected chi connectivity index (χ4v) is 1.90. The summed E-state index contributed by atoms with van der Waals surface area (Å²) in [5.74, 6) is 0.559. The van der Waals surface area contributed by atoms with Gasteiger partial charge in [0.1, 0.15) is 0 Å². The van der Waals surface area contributed by atoms with Crippen LogP contribution < -0.4 is 0 Å². The number of rotatable bonds is 4. The van der Waals surface area contributed by atoms with E-state index < -0.39 is 0 Å². The minimum absolute atomic E-state index is 0.426. The van der Waals surface area contributed by atoms with Crippen molar-refractivity contribution in [2.24, 2.45) is 0 Å². The van der Waals surface area contributed by atoms with Crippen LogP contribution in [-0.2, 0) is 11.3 Å². The Bertz CT molecular complexity index is 328. The second-order valence-electron chi connectivity index (χ2n) is 4.79. The van der Waals surface area contributed by atoms with Gasteiger partial charge in [0.25, 0.3) is 0 Å². The molecule has 3 nitrogen and oxygen atoms in total. The first-order valence-corrected chi connectivity index (χ1v) is 5.89. The first-order chi connectivity index (χ1) is 7.69. The lowest BCUT2D eigenvalue weighted by Gasteiger charge is -2.37. The molecule has 0 spiro atoms. The van der Waals surface area contributed by atoms with Gasteiger partial charge >= 0.3 is 0 Å². The molecule has 16 heavy (non-hydrogen) atoms. The van der Waals surface area contributed by atoms with Crippen molar-refractivity contribution in [3.05, 3.63) is 29.6 Å². The van der Waals surface area contributed by atoms with E-state index >= 15 is 0 Å². The largest absolute Gasteiger partial charge is 0.379 e. The second kappa shape index (κ2) is 4.93. The van der Waals surface area contributed by atoms with Gasteiger partial charge in [-0.1, -0.05) is 19.9 Å². The van der Waals surface area contributed by atoms with Crippen LogP contribution in [0, 0.1) is 0 Å². The molecule has 1 aromatic rings. The molecule has 0 atom stereocenters. The van der Waals surface area contributed by atoms with Gasteiger partial charge < -0.3 is 4.74 Å². The number of hydrogen-bond donors (Lipinski definition) is 0. The van der Waals surface area contributed by atoms with Crippen molar-refractivity contribution in [3.8, 4) is 0 Å². The summed E-state index contributed by atoms with van der Waals surface area (Å²) in [5.41, 5.74) is 2.46. The van der Waals surface area contributed by atoms with E-state index in [2.05, 4.69) is 35.9 Å². The summed E-state index contributed by atoms with van der Waals surface area (Å²) >= 11 is 0. The highest BCUT2D eigenvalue weighted by Crippen LogP contribution is 2.16. The topological polar surface area (TPSA) is 25.4 Å². The Kier molecular flexibility index (Phi) is 3.56. The van der Waals surface area contributed by atoms with Gasteiger partial charge in [0.15, 0.2) is 0 Å². The monoisotopic (exact) mass is 220 g/mol. The van der Waals surface area contributed by atoms with E-state index in [1.54, 1.807) is 7.11 Å². The summed E-state index contributed by atoms with van der Waals surface area (Å²) in [4.78, 5) is 6.84. The van der Waals surface area contributed by atoms with Crippen molar-refractivity contribution >= 4 is 0 Å². The van der Waals surface area contributed by atoms with Crippen molar-refractivity contribution < 1.29 is 4.74 Å². The van der Waals surface area contributed by atoms with Gasteiger partial charge in [-0.3, -0.25) is 9.88 Å². The number of aromatic nitrogens is 1. The van der Waals surface area contributed by atoms with Crippen LogP contribution in [0.2, 0.25) is 0 Å². The van der Waals surface area contributed by atoms with E-state index in [1.807, 2.05) is 6.20 Å². The molecule has 0 radical (unpaired) electrons. The molecular weight excluding hydrogens is 200 g/mol. The van der Waals surface area contributed by atoms with Crippen LogP contribution in [0.1, 0.15) is 31.0 Å². The molecule has 1 saturated heterocycles. The van der Waals surface area contributed by atoms with Gasteiger partial charge in [-0.05, 0) is 17.5 Å². The average molecular weight is 220 g/mol. The fraction of sp³-hybridized carbons (Fsp3) is 0.615. The molecule has 0 bridgehead atoms. The molecule has 0 amide bonds. The lowest BCUT2D eigenvalue weighted by atomic mass is 10.1. The summed E-state index contributed by atoms with van der Waals surface area (Å²) in [7, 11) is 1.78. The number of methoxy groups -OCH3 is 1. The molecule has 0 saturated carbocycles. The highest BCUT2D eigenvalue weighted by molar-refractivity contribution is 5.17. The second-order valence-corrected chi connectivity index (χ2v) is 4.79. The zero-order valence-corrected chi connectivity index (χ0v) is 10.3. The van der Waals surface area contributed by atoms with Crippen LogP contribution in [0.25, 0.3) is 0 Å². The molecule has 0 N–H and O–H groups in total. The number of pyridine rings is 1. The number of ether oxygens (including phenoxy) is 1. The highest BCUT2D eigenvalue weighted by atomic mass is 16.5. The van der Waals surface area contributed by atoms with Crippen molar-refractivity contribution in [1.29, 1.82) is 0 Å². The van der Waals surface area contributed by atoms with E-state index in [0.717, 1.165) is 25.3 Å². The summed E-state index contributed by atoms with van der Waals surface area (Å²) < 4.78 is 5.24. The van der Waals surface area contributed by atoms with E-state index in [0.29, 0.717) is 12.0 Å². The SMILES string of the molecule is COC1CN(Cc2ccc(C(C)C)cn2)C1. The molecule has 2 rings (SSSR count). The fourth-order valence-electron chi connectivity index (χ4n) is 1.90. The Balaban J connectivity index is 1.86. The Morgan fingerprint density at radius 3 is 2.69 bits per heavy atom. The molecule has 3 heteroatoms. The first kappa shape index (κ1) is 11.6. The van der Waals surface area contributed by atoms with Gasteiger partial charge in [-0.25, -0.2) is 0 Å². The number of nitrogens with zero attached hydrogens (tertiary/aromatic N) is 2. The smallest absolute Gasteiger partial charge is 0.0825 e. The molecule has 2 heterocycles. The maximum absolute atomic E-state index is 5.24. The summed E-state index contributed by atoms with van der Waals surface area (Å²) in [5, 5.41) is 0. The highest BCUT2D eigenvalue weighted by Gasteiger charge is 2.26. The summed E-state index contributed by atoms with van der Waals surface area (Å²) in [6, 6.07) is 4.32. The minimum atomic E-state index is 0.426. The third-order valence-electron chi connectivity index (χ3n) is 3.16. The molecule has 88 valence electrons. The Hall–Kier alpha value is -0.930. The standard InChI is InChI=1S/C13H20N2O/c1-10(2)11-4-5-12(14-6-11)7-15-8-13(9-15)16-3/h4-6,10,13H,7-9H2,1-3H3. The molecule has 1 aliphatic heterocycles. The molecular formula is C13H20N2O.